The summed E-state index contributed by atoms with van der Waals surface area (Å²) in [6.45, 7) is 1.98. The van der Waals surface area contributed by atoms with E-state index in [4.69, 9.17) is 0 Å². The summed E-state index contributed by atoms with van der Waals surface area (Å²) < 4.78 is 26.6. The zero-order valence-electron chi connectivity index (χ0n) is 16.5. The molecule has 7 nitrogen and oxygen atoms in total. The molecule has 3 fully saturated rings. The van der Waals surface area contributed by atoms with Gasteiger partial charge in [0.15, 0.2) is 0 Å². The summed E-state index contributed by atoms with van der Waals surface area (Å²) >= 11 is 0. The highest BCUT2D eigenvalue weighted by Gasteiger charge is 2.52. The summed E-state index contributed by atoms with van der Waals surface area (Å²) in [5.41, 5.74) is 0.381. The van der Waals surface area contributed by atoms with Crippen LogP contribution in [-0.2, 0) is 19.6 Å². The second-order valence-electron chi connectivity index (χ2n) is 8.21. The standard InChI is InChI=1S/C21H27N3O4S/c25-19-16-21(9-4-5-10-21)20(26)24(19)17-22-11-13-23(14-12-22)29(27,28)15-8-18-6-2-1-3-7-18/h1-3,6-8,15H,4-5,9-14,16-17H2/b15-8+. The number of piperazine rings is 1. The lowest BCUT2D eigenvalue weighted by molar-refractivity contribution is -0.144. The largest absolute Gasteiger partial charge is 0.283 e. The Balaban J connectivity index is 1.33. The molecule has 2 aliphatic heterocycles. The van der Waals surface area contributed by atoms with Crippen LogP contribution in [0, 0.1) is 5.41 Å². The van der Waals surface area contributed by atoms with E-state index in [1.54, 1.807) is 6.08 Å². The van der Waals surface area contributed by atoms with Crippen LogP contribution in [0.2, 0.25) is 0 Å². The number of carbonyl (C=O) groups excluding carboxylic acids is 2. The van der Waals surface area contributed by atoms with Gasteiger partial charge >= 0.3 is 0 Å². The van der Waals surface area contributed by atoms with E-state index in [-0.39, 0.29) is 18.5 Å². The van der Waals surface area contributed by atoms with Crippen molar-refractivity contribution < 1.29 is 18.0 Å². The number of amides is 2. The van der Waals surface area contributed by atoms with Crippen molar-refractivity contribution in [1.82, 2.24) is 14.1 Å². The van der Waals surface area contributed by atoms with Crippen LogP contribution in [0.5, 0.6) is 0 Å². The lowest BCUT2D eigenvalue weighted by atomic mass is 9.85. The summed E-state index contributed by atoms with van der Waals surface area (Å²) in [6.07, 6.45) is 5.59. The topological polar surface area (TPSA) is 78.0 Å². The quantitative estimate of drug-likeness (QED) is 0.684. The first-order valence-corrected chi connectivity index (χ1v) is 11.7. The van der Waals surface area contributed by atoms with Gasteiger partial charge < -0.3 is 0 Å². The second kappa shape index (κ2) is 8.01. The molecular weight excluding hydrogens is 390 g/mol. The van der Waals surface area contributed by atoms with Crippen LogP contribution in [0.25, 0.3) is 6.08 Å². The monoisotopic (exact) mass is 417 g/mol. The van der Waals surface area contributed by atoms with Gasteiger partial charge in [-0.1, -0.05) is 43.2 Å². The van der Waals surface area contributed by atoms with Crippen LogP contribution in [0.15, 0.2) is 35.7 Å². The molecule has 0 atom stereocenters. The van der Waals surface area contributed by atoms with Gasteiger partial charge in [-0.2, -0.15) is 4.31 Å². The minimum atomic E-state index is -3.49. The summed E-state index contributed by atoms with van der Waals surface area (Å²) in [4.78, 5) is 28.6. The molecule has 4 rings (SSSR count). The number of benzene rings is 1. The predicted octanol–water partition coefficient (Wildman–Crippen LogP) is 1.88. The van der Waals surface area contributed by atoms with Crippen molar-refractivity contribution >= 4 is 27.9 Å². The zero-order chi connectivity index (χ0) is 20.5. The first-order chi connectivity index (χ1) is 13.9. The molecular formula is C21H27N3O4S. The molecule has 0 N–H and O–H groups in total. The van der Waals surface area contributed by atoms with E-state index in [1.165, 1.54) is 14.6 Å². The fraction of sp³-hybridized carbons (Fsp3) is 0.524. The first-order valence-electron chi connectivity index (χ1n) is 10.2. The minimum Gasteiger partial charge on any atom is -0.283 e. The molecule has 1 aromatic carbocycles. The van der Waals surface area contributed by atoms with Gasteiger partial charge in [0.2, 0.25) is 21.8 Å². The summed E-state index contributed by atoms with van der Waals surface area (Å²) in [5, 5.41) is 1.25. The molecule has 0 bridgehead atoms. The number of nitrogens with zero attached hydrogens (tertiary/aromatic N) is 3. The molecule has 0 radical (unpaired) electrons. The Kier molecular flexibility index (Phi) is 5.59. The van der Waals surface area contributed by atoms with Gasteiger partial charge in [-0.05, 0) is 24.5 Å². The molecule has 1 aliphatic carbocycles. The average molecular weight is 418 g/mol. The van der Waals surface area contributed by atoms with Crippen LogP contribution < -0.4 is 0 Å². The molecule has 3 aliphatic rings. The maximum atomic E-state index is 12.8. The summed E-state index contributed by atoms with van der Waals surface area (Å²) in [6, 6.07) is 9.31. The summed E-state index contributed by atoms with van der Waals surface area (Å²) in [5.74, 6) is -0.112. The number of hydrogen-bond acceptors (Lipinski definition) is 5. The molecule has 1 spiro atoms. The highest BCUT2D eigenvalue weighted by atomic mass is 32.2. The maximum Gasteiger partial charge on any atom is 0.237 e. The van der Waals surface area contributed by atoms with Crippen molar-refractivity contribution in [2.45, 2.75) is 32.1 Å². The van der Waals surface area contributed by atoms with Crippen molar-refractivity contribution in [3.05, 3.63) is 41.3 Å². The summed E-state index contributed by atoms with van der Waals surface area (Å²) in [7, 11) is -3.49. The molecule has 0 aromatic heterocycles. The lowest BCUT2D eigenvalue weighted by Crippen LogP contribution is -2.52. The van der Waals surface area contributed by atoms with E-state index in [9.17, 15) is 18.0 Å². The van der Waals surface area contributed by atoms with E-state index < -0.39 is 15.4 Å². The highest BCUT2D eigenvalue weighted by Crippen LogP contribution is 2.46. The number of rotatable bonds is 5. The van der Waals surface area contributed by atoms with E-state index in [0.717, 1.165) is 31.2 Å². The Labute approximate surface area is 172 Å². The average Bonchev–Trinajstić information content (AvgIpc) is 3.28. The Bertz CT molecular complexity index is 899. The van der Waals surface area contributed by atoms with Gasteiger partial charge in [0.25, 0.3) is 0 Å². The molecule has 1 aromatic rings. The Morgan fingerprint density at radius 2 is 1.62 bits per heavy atom. The molecule has 1 saturated carbocycles. The minimum absolute atomic E-state index is 0.0270. The third-order valence-corrected chi connectivity index (χ3v) is 7.88. The van der Waals surface area contributed by atoms with Crippen LogP contribution in [0.1, 0.15) is 37.7 Å². The van der Waals surface area contributed by atoms with Crippen molar-refractivity contribution in [3.8, 4) is 0 Å². The van der Waals surface area contributed by atoms with Crippen LogP contribution >= 0.6 is 0 Å². The third kappa shape index (κ3) is 4.15. The third-order valence-electron chi connectivity index (χ3n) is 6.31. The molecule has 29 heavy (non-hydrogen) atoms. The fourth-order valence-corrected chi connectivity index (χ4v) is 5.76. The molecule has 2 heterocycles. The van der Waals surface area contributed by atoms with Crippen molar-refractivity contribution in [2.24, 2.45) is 5.41 Å². The second-order valence-corrected chi connectivity index (χ2v) is 10.0. The molecule has 0 unspecified atom stereocenters. The number of carbonyl (C=O) groups is 2. The van der Waals surface area contributed by atoms with Gasteiger partial charge in [-0.15, -0.1) is 0 Å². The molecule has 2 saturated heterocycles. The maximum absolute atomic E-state index is 12.8. The van der Waals surface area contributed by atoms with Crippen molar-refractivity contribution in [2.75, 3.05) is 32.8 Å². The van der Waals surface area contributed by atoms with E-state index in [2.05, 4.69) is 0 Å². The van der Waals surface area contributed by atoms with Gasteiger partial charge in [0, 0.05) is 38.0 Å². The van der Waals surface area contributed by atoms with Crippen LogP contribution in [0.3, 0.4) is 0 Å². The molecule has 8 heteroatoms. The number of hydrogen-bond donors (Lipinski definition) is 0. The van der Waals surface area contributed by atoms with Gasteiger partial charge in [-0.3, -0.25) is 19.4 Å². The van der Waals surface area contributed by atoms with Crippen LogP contribution in [0.4, 0.5) is 0 Å². The fourth-order valence-electron chi connectivity index (χ4n) is 4.59. The number of imide groups is 1. The first kappa shape index (κ1) is 20.3. The lowest BCUT2D eigenvalue weighted by Gasteiger charge is -2.35. The Hall–Kier alpha value is -2.03. The van der Waals surface area contributed by atoms with Gasteiger partial charge in [0.1, 0.15) is 0 Å². The smallest absolute Gasteiger partial charge is 0.237 e. The van der Waals surface area contributed by atoms with Crippen molar-refractivity contribution in [1.29, 1.82) is 0 Å². The van der Waals surface area contributed by atoms with Crippen molar-refractivity contribution in [3.63, 3.8) is 0 Å². The number of likely N-dealkylation sites (tertiary alicyclic amines) is 1. The molecule has 2 amide bonds. The predicted molar refractivity (Wildman–Crippen MR) is 110 cm³/mol. The molecule has 156 valence electrons. The van der Waals surface area contributed by atoms with E-state index >= 15 is 0 Å². The van der Waals surface area contributed by atoms with Gasteiger partial charge in [0.05, 0.1) is 12.1 Å². The highest BCUT2D eigenvalue weighted by molar-refractivity contribution is 7.92. The number of sulfonamides is 1. The zero-order valence-corrected chi connectivity index (χ0v) is 17.3. The van der Waals surface area contributed by atoms with E-state index in [1.807, 2.05) is 35.2 Å². The normalized spacial score (nSPS) is 23.7. The Morgan fingerprint density at radius 3 is 2.28 bits per heavy atom. The van der Waals surface area contributed by atoms with Gasteiger partial charge in [-0.25, -0.2) is 8.42 Å². The van der Waals surface area contributed by atoms with Crippen LogP contribution in [-0.4, -0.2) is 67.2 Å². The SMILES string of the molecule is O=C1CC2(CCCC2)C(=O)N1CN1CCN(S(=O)(=O)/C=C/c2ccccc2)CC1. The Morgan fingerprint density at radius 1 is 0.966 bits per heavy atom. The van der Waals surface area contributed by atoms with E-state index in [0.29, 0.717) is 32.6 Å².